The van der Waals surface area contributed by atoms with Crippen LogP contribution in [0.4, 0.5) is 4.79 Å². The predicted octanol–water partition coefficient (Wildman–Crippen LogP) is 2.99. The Morgan fingerprint density at radius 2 is 1.84 bits per heavy atom. The van der Waals surface area contributed by atoms with E-state index in [0.29, 0.717) is 32.1 Å². The first-order valence-electron chi connectivity index (χ1n) is 9.17. The molecule has 0 saturated carbocycles. The molecule has 5 heteroatoms. The number of aliphatic hydroxyl groups excluding tert-OH is 1. The van der Waals surface area contributed by atoms with E-state index in [4.69, 9.17) is 0 Å². The average molecular weight is 350 g/mol. The maximum absolute atomic E-state index is 12.5. The number of hydrogen-bond acceptors (Lipinski definition) is 3. The van der Waals surface area contributed by atoms with Crippen molar-refractivity contribution >= 4 is 6.03 Å². The average Bonchev–Trinajstić information content (AvgIpc) is 2.50. The fourth-order valence-corrected chi connectivity index (χ4v) is 2.39. The van der Waals surface area contributed by atoms with Crippen molar-refractivity contribution in [3.63, 3.8) is 0 Å². The van der Waals surface area contributed by atoms with Crippen LogP contribution in [0.3, 0.4) is 0 Å². The lowest BCUT2D eigenvalue weighted by atomic mass is 10.1. The van der Waals surface area contributed by atoms with Crippen molar-refractivity contribution in [2.75, 3.05) is 19.6 Å². The van der Waals surface area contributed by atoms with E-state index in [-0.39, 0.29) is 11.6 Å². The van der Waals surface area contributed by atoms with Crippen molar-refractivity contribution in [3.8, 4) is 0 Å². The zero-order chi connectivity index (χ0) is 18.9. The minimum atomic E-state index is -0.596. The van der Waals surface area contributed by atoms with Crippen LogP contribution in [0.5, 0.6) is 0 Å². The van der Waals surface area contributed by atoms with Crippen molar-refractivity contribution in [2.45, 2.75) is 59.2 Å². The van der Waals surface area contributed by atoms with Gasteiger partial charge in [-0.3, -0.25) is 0 Å². The summed E-state index contributed by atoms with van der Waals surface area (Å²) < 4.78 is 0. The lowest BCUT2D eigenvalue weighted by Gasteiger charge is -2.30. The quantitative estimate of drug-likeness (QED) is 0.642. The fourth-order valence-electron chi connectivity index (χ4n) is 2.39. The van der Waals surface area contributed by atoms with Crippen molar-refractivity contribution in [3.05, 3.63) is 35.9 Å². The van der Waals surface area contributed by atoms with E-state index in [1.807, 2.05) is 51.1 Å². The second kappa shape index (κ2) is 10.4. The first-order chi connectivity index (χ1) is 11.7. The summed E-state index contributed by atoms with van der Waals surface area (Å²) in [5, 5.41) is 16.6. The van der Waals surface area contributed by atoms with Gasteiger partial charge in [-0.2, -0.15) is 0 Å². The Hall–Kier alpha value is -1.59. The molecule has 0 fully saturated rings. The Bertz CT molecular complexity index is 497. The van der Waals surface area contributed by atoms with Crippen LogP contribution in [0.25, 0.3) is 0 Å². The summed E-state index contributed by atoms with van der Waals surface area (Å²) in [6.07, 6.45) is 0.323. The highest BCUT2D eigenvalue weighted by molar-refractivity contribution is 5.75. The zero-order valence-corrected chi connectivity index (χ0v) is 16.4. The van der Waals surface area contributed by atoms with E-state index >= 15 is 0 Å². The number of aliphatic hydroxyl groups is 1. The molecule has 2 amide bonds. The van der Waals surface area contributed by atoms with Gasteiger partial charge in [-0.25, -0.2) is 4.79 Å². The second-order valence-electron chi connectivity index (χ2n) is 8.08. The summed E-state index contributed by atoms with van der Waals surface area (Å²) >= 11 is 0. The van der Waals surface area contributed by atoms with Gasteiger partial charge < -0.3 is 20.6 Å². The molecule has 0 spiro atoms. The molecular formula is C20H35N3O2. The molecule has 0 heterocycles. The van der Waals surface area contributed by atoms with Gasteiger partial charge in [0.2, 0.25) is 0 Å². The highest BCUT2D eigenvalue weighted by atomic mass is 16.3. The summed E-state index contributed by atoms with van der Waals surface area (Å²) in [7, 11) is 0. The van der Waals surface area contributed by atoms with Crippen molar-refractivity contribution in [2.24, 2.45) is 5.92 Å². The number of rotatable bonds is 9. The Labute approximate surface area is 152 Å². The third-order valence-electron chi connectivity index (χ3n) is 3.73. The molecule has 5 nitrogen and oxygen atoms in total. The van der Waals surface area contributed by atoms with Crippen LogP contribution in [0.2, 0.25) is 0 Å². The Kier molecular flexibility index (Phi) is 8.93. The normalized spacial score (nSPS) is 12.9. The molecule has 0 aliphatic carbocycles. The van der Waals surface area contributed by atoms with Crippen LogP contribution < -0.4 is 10.6 Å². The molecular weight excluding hydrogens is 314 g/mol. The van der Waals surface area contributed by atoms with E-state index in [0.717, 1.165) is 6.42 Å². The molecule has 0 aliphatic rings. The molecule has 0 unspecified atom stereocenters. The predicted molar refractivity (Wildman–Crippen MR) is 103 cm³/mol. The minimum absolute atomic E-state index is 0.116. The molecule has 0 saturated heterocycles. The number of nitrogens with one attached hydrogen (secondary N) is 2. The number of nitrogens with zero attached hydrogens (tertiary/aromatic N) is 1. The van der Waals surface area contributed by atoms with E-state index in [1.165, 1.54) is 5.56 Å². The van der Waals surface area contributed by atoms with Gasteiger partial charge in [-0.05, 0) is 38.7 Å². The van der Waals surface area contributed by atoms with Gasteiger partial charge in [0.1, 0.15) is 0 Å². The van der Waals surface area contributed by atoms with E-state index in [9.17, 15) is 9.90 Å². The topological polar surface area (TPSA) is 64.6 Å². The third kappa shape index (κ3) is 10.1. The summed E-state index contributed by atoms with van der Waals surface area (Å²) in [4.78, 5) is 14.2. The number of hydrogen-bond donors (Lipinski definition) is 3. The standard InChI is InChI=1S/C20H35N3O2/c1-16(2)11-12-23(19(25)22-20(3,4)5)15-18(24)14-21-13-17-9-7-6-8-10-17/h6-10,16,18,21,24H,11-15H2,1-5H3,(H,22,25)/t18-/m1/s1. The van der Waals surface area contributed by atoms with E-state index < -0.39 is 6.10 Å². The van der Waals surface area contributed by atoms with E-state index in [2.05, 4.69) is 24.5 Å². The van der Waals surface area contributed by atoms with Crippen molar-refractivity contribution in [1.82, 2.24) is 15.5 Å². The first-order valence-corrected chi connectivity index (χ1v) is 9.17. The van der Waals surface area contributed by atoms with Gasteiger partial charge in [0.15, 0.2) is 0 Å². The molecule has 1 atom stereocenters. The smallest absolute Gasteiger partial charge is 0.317 e. The molecule has 25 heavy (non-hydrogen) atoms. The first kappa shape index (κ1) is 21.5. The summed E-state index contributed by atoms with van der Waals surface area (Å²) in [6, 6.07) is 9.96. The Morgan fingerprint density at radius 3 is 2.40 bits per heavy atom. The van der Waals surface area contributed by atoms with Crippen LogP contribution in [0, 0.1) is 5.92 Å². The molecule has 0 bridgehead atoms. The monoisotopic (exact) mass is 349 g/mol. The van der Waals surface area contributed by atoms with Crippen LogP contribution in [-0.2, 0) is 6.54 Å². The van der Waals surface area contributed by atoms with Crippen molar-refractivity contribution < 1.29 is 9.90 Å². The van der Waals surface area contributed by atoms with Crippen LogP contribution in [0.1, 0.15) is 46.6 Å². The van der Waals surface area contributed by atoms with Gasteiger partial charge in [0.05, 0.1) is 6.10 Å². The largest absolute Gasteiger partial charge is 0.390 e. The molecule has 142 valence electrons. The van der Waals surface area contributed by atoms with Crippen LogP contribution >= 0.6 is 0 Å². The Balaban J connectivity index is 2.49. The van der Waals surface area contributed by atoms with E-state index in [1.54, 1.807) is 4.90 Å². The number of amides is 2. The van der Waals surface area contributed by atoms with Gasteiger partial charge >= 0.3 is 6.03 Å². The molecule has 0 radical (unpaired) electrons. The summed E-state index contributed by atoms with van der Waals surface area (Å²) in [5.74, 6) is 0.512. The van der Waals surface area contributed by atoms with Crippen LogP contribution in [-0.4, -0.2) is 47.3 Å². The molecule has 1 aromatic rings. The molecule has 3 N–H and O–H groups in total. The number of urea groups is 1. The minimum Gasteiger partial charge on any atom is -0.390 e. The second-order valence-corrected chi connectivity index (χ2v) is 8.08. The number of carbonyl (C=O) groups excluding carboxylic acids is 1. The van der Waals surface area contributed by atoms with Gasteiger partial charge in [0.25, 0.3) is 0 Å². The Morgan fingerprint density at radius 1 is 1.20 bits per heavy atom. The SMILES string of the molecule is CC(C)CCN(C[C@H](O)CNCc1ccccc1)C(=O)NC(C)(C)C. The fraction of sp³-hybridized carbons (Fsp3) is 0.650. The lowest BCUT2D eigenvalue weighted by molar-refractivity contribution is 0.114. The maximum atomic E-state index is 12.5. The highest BCUT2D eigenvalue weighted by Gasteiger charge is 2.21. The van der Waals surface area contributed by atoms with Crippen molar-refractivity contribution in [1.29, 1.82) is 0 Å². The summed E-state index contributed by atoms with van der Waals surface area (Å²) in [6.45, 7) is 12.3. The van der Waals surface area contributed by atoms with Crippen LogP contribution in [0.15, 0.2) is 30.3 Å². The molecule has 0 aliphatic heterocycles. The molecule has 1 rings (SSSR count). The summed E-state index contributed by atoms with van der Waals surface area (Å²) in [5.41, 5.74) is 0.890. The maximum Gasteiger partial charge on any atom is 0.317 e. The number of benzene rings is 1. The van der Waals surface area contributed by atoms with Gasteiger partial charge in [-0.1, -0.05) is 44.2 Å². The highest BCUT2D eigenvalue weighted by Crippen LogP contribution is 2.07. The van der Waals surface area contributed by atoms with Gasteiger partial charge in [-0.15, -0.1) is 0 Å². The zero-order valence-electron chi connectivity index (χ0n) is 16.4. The lowest BCUT2D eigenvalue weighted by Crippen LogP contribution is -2.51. The molecule has 0 aromatic heterocycles. The van der Waals surface area contributed by atoms with Gasteiger partial charge in [0, 0.05) is 31.7 Å². The third-order valence-corrected chi connectivity index (χ3v) is 3.73. The molecule has 1 aromatic carbocycles. The number of carbonyl (C=O) groups is 1.